The molecule has 0 aliphatic carbocycles. The molecule has 0 saturated carbocycles. The van der Waals surface area contributed by atoms with Crippen molar-refractivity contribution in [3.05, 3.63) is 72.1 Å². The molecule has 30 heavy (non-hydrogen) atoms. The van der Waals surface area contributed by atoms with Crippen LogP contribution in [-0.2, 0) is 9.59 Å². The van der Waals surface area contributed by atoms with Crippen molar-refractivity contribution >= 4 is 45.2 Å². The number of carbonyl (C=O) groups excluding carboxylic acids is 2. The van der Waals surface area contributed by atoms with Gasteiger partial charge < -0.3 is 40.6 Å². The maximum Gasteiger partial charge on any atom is 0.0857 e. The summed E-state index contributed by atoms with van der Waals surface area (Å²) < 4.78 is 0. The lowest BCUT2D eigenvalue weighted by atomic mass is 9.75. The van der Waals surface area contributed by atoms with Gasteiger partial charge in [0.2, 0.25) is 0 Å². The van der Waals surface area contributed by atoms with Gasteiger partial charge in [-0.25, -0.2) is 0 Å². The highest BCUT2D eigenvalue weighted by molar-refractivity contribution is 6.41. The molecular weight excluding hydrogens is 384 g/mol. The molecule has 2 heterocycles. The van der Waals surface area contributed by atoms with Crippen LogP contribution >= 0.6 is 0 Å². The third-order valence-electron chi connectivity index (χ3n) is 5.31. The second kappa shape index (κ2) is 7.32. The van der Waals surface area contributed by atoms with E-state index >= 15 is 0 Å². The molecule has 2 aromatic heterocycles. The predicted molar refractivity (Wildman–Crippen MR) is 108 cm³/mol. The first-order valence-electron chi connectivity index (χ1n) is 9.11. The molecule has 0 bridgehead atoms. The molecule has 150 valence electrons. The molecule has 8 nitrogen and oxygen atoms in total. The van der Waals surface area contributed by atoms with Gasteiger partial charge >= 0.3 is 0 Å². The molecule has 0 saturated heterocycles. The number of nitrogens with one attached hydrogen (secondary N) is 4. The average Bonchev–Trinajstić information content (AvgIpc) is 3.35. The van der Waals surface area contributed by atoms with Gasteiger partial charge in [-0.05, 0) is 23.3 Å². The van der Waals surface area contributed by atoms with Crippen molar-refractivity contribution in [3.8, 4) is 0 Å². The van der Waals surface area contributed by atoms with E-state index in [1.807, 2.05) is 0 Å². The number of carboxylic acids is 2. The molecular formula is C22H16N4O4-2. The molecule has 8 heteroatoms. The van der Waals surface area contributed by atoms with Gasteiger partial charge in [-0.2, -0.15) is 0 Å². The first kappa shape index (κ1) is 19.1. The van der Waals surface area contributed by atoms with Crippen molar-refractivity contribution in [1.82, 2.24) is 9.97 Å². The molecule has 4 aromatic rings. The van der Waals surface area contributed by atoms with Crippen LogP contribution in [0.15, 0.2) is 60.9 Å². The molecule has 0 spiro atoms. The summed E-state index contributed by atoms with van der Waals surface area (Å²) in [5, 5.41) is 41.2. The first-order chi connectivity index (χ1) is 14.4. The van der Waals surface area contributed by atoms with Crippen LogP contribution in [-0.4, -0.2) is 33.3 Å². The Labute approximate surface area is 170 Å². The first-order valence-corrected chi connectivity index (χ1v) is 9.11. The fraction of sp³-hybridized carbons (Fsp3) is 0.0909. The van der Waals surface area contributed by atoms with Crippen LogP contribution in [0.2, 0.25) is 0 Å². The second-order valence-corrected chi connectivity index (χ2v) is 6.94. The molecule has 0 amide bonds. The number of benzene rings is 2. The summed E-state index contributed by atoms with van der Waals surface area (Å²) in [5.74, 6) is -6.03. The number of carbonyl (C=O) groups is 2. The fourth-order valence-electron chi connectivity index (χ4n) is 3.96. The highest BCUT2D eigenvalue weighted by Crippen LogP contribution is 2.40. The Morgan fingerprint density at radius 1 is 0.700 bits per heavy atom. The average molecular weight is 400 g/mol. The van der Waals surface area contributed by atoms with E-state index in [0.29, 0.717) is 32.9 Å². The normalized spacial score (nSPS) is 13.2. The summed E-state index contributed by atoms with van der Waals surface area (Å²) in [5.41, 5.74) is 0.534. The molecule has 0 aliphatic heterocycles. The summed E-state index contributed by atoms with van der Waals surface area (Å²) in [7, 11) is 0. The predicted octanol–water partition coefficient (Wildman–Crippen LogP) is 1.06. The van der Waals surface area contributed by atoms with Gasteiger partial charge in [0, 0.05) is 46.0 Å². The molecule has 4 rings (SSSR count). The number of hydrogen-bond acceptors (Lipinski definition) is 6. The highest BCUT2D eigenvalue weighted by Gasteiger charge is 2.35. The Morgan fingerprint density at radius 3 is 1.43 bits per heavy atom. The van der Waals surface area contributed by atoms with Crippen LogP contribution in [0.3, 0.4) is 0 Å². The van der Waals surface area contributed by atoms with Crippen LogP contribution in [0.5, 0.6) is 0 Å². The lowest BCUT2D eigenvalue weighted by Crippen LogP contribution is -2.42. The fourth-order valence-corrected chi connectivity index (χ4v) is 3.96. The molecule has 2 unspecified atom stereocenters. The number of hydrogen-bond donors (Lipinski definition) is 4. The smallest absolute Gasteiger partial charge is 0.0857 e. The zero-order valence-electron chi connectivity index (χ0n) is 15.6. The molecule has 4 N–H and O–H groups in total. The number of aromatic amines is 2. The summed E-state index contributed by atoms with van der Waals surface area (Å²) in [6.45, 7) is 0. The standard InChI is InChI=1S/C22H18N4O4/c23-19(21(27)28)17(13-9-25-15-7-3-1-5-11(13)15)18(20(24)22(29)30)14-10-26-16-8-4-2-6-12(14)16/h1-10,17-18,23-26H,(H,27,28)(H,29,30)/p-2. The van der Waals surface area contributed by atoms with E-state index in [0.717, 1.165) is 0 Å². The number of fused-ring (bicyclic) bond motifs is 2. The Bertz CT molecular complexity index is 1210. The zero-order chi connectivity index (χ0) is 21.4. The van der Waals surface area contributed by atoms with Gasteiger partial charge in [0.25, 0.3) is 0 Å². The van der Waals surface area contributed by atoms with Crippen molar-refractivity contribution in [2.45, 2.75) is 11.8 Å². The summed E-state index contributed by atoms with van der Waals surface area (Å²) in [4.78, 5) is 29.5. The van der Waals surface area contributed by atoms with Crippen LogP contribution in [0.25, 0.3) is 21.8 Å². The van der Waals surface area contributed by atoms with Gasteiger partial charge in [-0.1, -0.05) is 36.4 Å². The van der Waals surface area contributed by atoms with Crippen LogP contribution in [0.4, 0.5) is 0 Å². The van der Waals surface area contributed by atoms with Gasteiger partial charge in [-0.3, -0.25) is 0 Å². The van der Waals surface area contributed by atoms with Crippen LogP contribution in [0.1, 0.15) is 23.0 Å². The van der Waals surface area contributed by atoms with Gasteiger partial charge in [0.05, 0.1) is 23.4 Å². The third-order valence-corrected chi connectivity index (χ3v) is 5.31. The van der Waals surface area contributed by atoms with E-state index in [-0.39, 0.29) is 0 Å². The van der Waals surface area contributed by atoms with E-state index in [1.165, 1.54) is 12.4 Å². The van der Waals surface area contributed by atoms with Crippen LogP contribution in [0, 0.1) is 10.8 Å². The minimum Gasteiger partial charge on any atom is -0.543 e. The highest BCUT2D eigenvalue weighted by atomic mass is 16.4. The van der Waals surface area contributed by atoms with E-state index in [4.69, 9.17) is 10.8 Å². The Kier molecular flexibility index (Phi) is 4.67. The van der Waals surface area contributed by atoms with Crippen LogP contribution < -0.4 is 10.2 Å². The maximum absolute atomic E-state index is 11.7. The number of rotatable bonds is 7. The largest absolute Gasteiger partial charge is 0.543 e. The van der Waals surface area contributed by atoms with Crippen molar-refractivity contribution in [3.63, 3.8) is 0 Å². The summed E-state index contributed by atoms with van der Waals surface area (Å²) in [6, 6.07) is 14.1. The lowest BCUT2D eigenvalue weighted by Gasteiger charge is -2.29. The SMILES string of the molecule is N=C(C(=O)[O-])C(c1c[nH]c2ccccc12)C(C(=N)C(=O)[O-])c1c[nH]c2ccccc12. The Morgan fingerprint density at radius 2 is 1.07 bits per heavy atom. The number of para-hydroxylation sites is 2. The van der Waals surface area contributed by atoms with Gasteiger partial charge in [-0.15, -0.1) is 0 Å². The minimum absolute atomic E-state index is 0.390. The third kappa shape index (κ3) is 3.04. The molecule has 0 radical (unpaired) electrons. The Hall–Kier alpha value is -4.20. The maximum atomic E-state index is 11.7. The Balaban J connectivity index is 2.01. The number of aliphatic carboxylic acids is 2. The second-order valence-electron chi connectivity index (χ2n) is 6.94. The minimum atomic E-state index is -1.73. The van der Waals surface area contributed by atoms with E-state index in [2.05, 4.69) is 9.97 Å². The van der Waals surface area contributed by atoms with E-state index < -0.39 is 35.2 Å². The number of H-pyrrole nitrogens is 2. The monoisotopic (exact) mass is 400 g/mol. The van der Waals surface area contributed by atoms with Crippen molar-refractivity contribution in [2.24, 2.45) is 0 Å². The van der Waals surface area contributed by atoms with Crippen molar-refractivity contribution in [2.75, 3.05) is 0 Å². The van der Waals surface area contributed by atoms with Crippen molar-refractivity contribution < 1.29 is 19.8 Å². The molecule has 2 atom stereocenters. The lowest BCUT2D eigenvalue weighted by molar-refractivity contribution is -0.296. The van der Waals surface area contributed by atoms with Gasteiger partial charge in [0.1, 0.15) is 0 Å². The zero-order valence-corrected chi connectivity index (χ0v) is 15.6. The quantitative estimate of drug-likeness (QED) is 0.342. The number of aromatic nitrogens is 2. The molecule has 2 aromatic carbocycles. The van der Waals surface area contributed by atoms with Crippen molar-refractivity contribution in [1.29, 1.82) is 10.8 Å². The summed E-state index contributed by atoms with van der Waals surface area (Å²) in [6.07, 6.45) is 3.08. The summed E-state index contributed by atoms with van der Waals surface area (Å²) >= 11 is 0. The molecule has 0 fully saturated rings. The topological polar surface area (TPSA) is 160 Å². The van der Waals surface area contributed by atoms with E-state index in [1.54, 1.807) is 48.5 Å². The number of carboxylic acid groups (broad SMARTS) is 2. The van der Waals surface area contributed by atoms with Gasteiger partial charge in [0.15, 0.2) is 0 Å². The van der Waals surface area contributed by atoms with E-state index in [9.17, 15) is 19.8 Å². The molecule has 0 aliphatic rings.